The molecule has 0 saturated heterocycles. The van der Waals surface area contributed by atoms with Crippen LogP contribution < -0.4 is 5.43 Å². The molecule has 0 N–H and O–H groups in total. The smallest absolute Gasteiger partial charge is 0.346 e. The van der Waals surface area contributed by atoms with Crippen molar-refractivity contribution in [2.45, 2.75) is 6.92 Å². The fourth-order valence-corrected chi connectivity index (χ4v) is 3.19. The molecule has 1 heterocycles. The monoisotopic (exact) mass is 370 g/mol. The Labute approximate surface area is 162 Å². The summed E-state index contributed by atoms with van der Waals surface area (Å²) in [6, 6.07) is 24.3. The highest BCUT2D eigenvalue weighted by Crippen LogP contribution is 2.29. The van der Waals surface area contributed by atoms with E-state index in [1.807, 2.05) is 54.6 Å². The summed E-state index contributed by atoms with van der Waals surface area (Å²) in [6.45, 7) is 1.88. The van der Waals surface area contributed by atoms with Crippen molar-refractivity contribution in [1.29, 1.82) is 0 Å². The predicted molar refractivity (Wildman–Crippen MR) is 109 cm³/mol. The van der Waals surface area contributed by atoms with Crippen molar-refractivity contribution in [2.24, 2.45) is 0 Å². The third-order valence-electron chi connectivity index (χ3n) is 4.51. The number of esters is 1. The largest absolute Gasteiger partial charge is 0.462 e. The van der Waals surface area contributed by atoms with Crippen molar-refractivity contribution in [3.63, 3.8) is 0 Å². The molecule has 4 nitrogen and oxygen atoms in total. The average Bonchev–Trinajstić information content (AvgIpc) is 2.75. The normalized spacial score (nSPS) is 10.8. The van der Waals surface area contributed by atoms with Crippen LogP contribution in [0.3, 0.4) is 0 Å². The molecule has 0 atom stereocenters. The van der Waals surface area contributed by atoms with Crippen molar-refractivity contribution in [3.8, 4) is 22.5 Å². The Morgan fingerprint density at radius 3 is 2.14 bits per heavy atom. The summed E-state index contributed by atoms with van der Waals surface area (Å²) < 4.78 is 11.2. The van der Waals surface area contributed by atoms with Crippen LogP contribution in [-0.2, 0) is 4.74 Å². The van der Waals surface area contributed by atoms with Gasteiger partial charge >= 0.3 is 5.97 Å². The van der Waals surface area contributed by atoms with Gasteiger partial charge in [0.05, 0.1) is 12.0 Å². The number of hydrogen-bond acceptors (Lipinski definition) is 4. The fourth-order valence-electron chi connectivity index (χ4n) is 3.19. The van der Waals surface area contributed by atoms with Gasteiger partial charge in [0.2, 0.25) is 5.43 Å². The highest BCUT2D eigenvalue weighted by molar-refractivity contribution is 5.99. The summed E-state index contributed by atoms with van der Waals surface area (Å²) in [4.78, 5) is 25.8. The van der Waals surface area contributed by atoms with E-state index in [-0.39, 0.29) is 17.9 Å². The molecule has 0 unspecified atom stereocenters. The first-order valence-electron chi connectivity index (χ1n) is 9.08. The van der Waals surface area contributed by atoms with Crippen molar-refractivity contribution < 1.29 is 13.9 Å². The minimum Gasteiger partial charge on any atom is -0.462 e. The molecule has 4 heteroatoms. The maximum atomic E-state index is 13.3. The number of hydrogen-bond donors (Lipinski definition) is 0. The third kappa shape index (κ3) is 3.21. The van der Waals surface area contributed by atoms with E-state index < -0.39 is 11.4 Å². The van der Waals surface area contributed by atoms with E-state index in [1.54, 1.807) is 31.2 Å². The van der Waals surface area contributed by atoms with Crippen LogP contribution in [0.25, 0.3) is 33.4 Å². The van der Waals surface area contributed by atoms with Crippen LogP contribution in [0.4, 0.5) is 0 Å². The molecule has 0 bridgehead atoms. The molecule has 0 radical (unpaired) electrons. The van der Waals surface area contributed by atoms with Gasteiger partial charge in [-0.3, -0.25) is 4.79 Å². The molecule has 0 fully saturated rings. The lowest BCUT2D eigenvalue weighted by Crippen LogP contribution is -2.19. The third-order valence-corrected chi connectivity index (χ3v) is 4.51. The lowest BCUT2D eigenvalue weighted by atomic mass is 10.0. The molecule has 138 valence electrons. The van der Waals surface area contributed by atoms with Gasteiger partial charge in [0.15, 0.2) is 11.3 Å². The second kappa shape index (κ2) is 7.53. The molecular weight excluding hydrogens is 352 g/mol. The lowest BCUT2D eigenvalue weighted by molar-refractivity contribution is 0.0524. The molecule has 0 aliphatic carbocycles. The Bertz CT molecular complexity index is 1190. The summed E-state index contributed by atoms with van der Waals surface area (Å²) >= 11 is 0. The van der Waals surface area contributed by atoms with E-state index in [4.69, 9.17) is 9.15 Å². The quantitative estimate of drug-likeness (QED) is 0.457. The van der Waals surface area contributed by atoms with Crippen LogP contribution in [0.2, 0.25) is 0 Å². The lowest BCUT2D eigenvalue weighted by Gasteiger charge is -2.10. The van der Waals surface area contributed by atoms with Crippen molar-refractivity contribution in [2.75, 3.05) is 6.61 Å². The average molecular weight is 370 g/mol. The van der Waals surface area contributed by atoms with Gasteiger partial charge in [-0.15, -0.1) is 0 Å². The van der Waals surface area contributed by atoms with E-state index in [9.17, 15) is 9.59 Å². The minimum absolute atomic E-state index is 0.0780. The Morgan fingerprint density at radius 2 is 1.50 bits per heavy atom. The van der Waals surface area contributed by atoms with Gasteiger partial charge in [0.25, 0.3) is 0 Å². The van der Waals surface area contributed by atoms with Crippen molar-refractivity contribution in [3.05, 3.63) is 94.6 Å². The first-order valence-corrected chi connectivity index (χ1v) is 9.08. The van der Waals surface area contributed by atoms with Crippen molar-refractivity contribution >= 4 is 16.9 Å². The zero-order valence-electron chi connectivity index (χ0n) is 15.3. The molecule has 0 aliphatic heterocycles. The molecule has 0 spiro atoms. The standard InChI is InChI=1S/C24H18O4/c1-2-27-24(26)21-22(25)19-15-18(16-9-5-3-6-10-16)13-14-20(19)28-23(21)17-11-7-4-8-12-17/h3-15H,2H2,1H3. The molecule has 0 amide bonds. The molecule has 1 aromatic heterocycles. The maximum Gasteiger partial charge on any atom is 0.346 e. The van der Waals surface area contributed by atoms with Crippen molar-refractivity contribution in [1.82, 2.24) is 0 Å². The topological polar surface area (TPSA) is 56.5 Å². The van der Waals surface area contributed by atoms with Gasteiger partial charge in [0.1, 0.15) is 5.58 Å². The van der Waals surface area contributed by atoms with Crippen LogP contribution in [0.15, 0.2) is 88.1 Å². The van der Waals surface area contributed by atoms with Gasteiger partial charge in [0, 0.05) is 5.56 Å². The number of rotatable bonds is 4. The molecule has 0 aliphatic rings. The van der Waals surface area contributed by atoms with E-state index in [2.05, 4.69) is 0 Å². The zero-order chi connectivity index (χ0) is 19.5. The Morgan fingerprint density at radius 1 is 0.857 bits per heavy atom. The van der Waals surface area contributed by atoms with Crippen LogP contribution in [0, 0.1) is 0 Å². The van der Waals surface area contributed by atoms with Gasteiger partial charge in [-0.25, -0.2) is 4.79 Å². The first kappa shape index (κ1) is 17.7. The Kier molecular flexibility index (Phi) is 4.77. The van der Waals surface area contributed by atoms with Gasteiger partial charge in [-0.05, 0) is 30.2 Å². The summed E-state index contributed by atoms with van der Waals surface area (Å²) in [7, 11) is 0. The molecule has 4 aromatic rings. The Hall–Kier alpha value is -3.66. The number of ether oxygens (including phenoxy) is 1. The highest BCUT2D eigenvalue weighted by Gasteiger charge is 2.23. The summed E-state index contributed by atoms with van der Waals surface area (Å²) in [5.74, 6) is -0.453. The second-order valence-corrected chi connectivity index (χ2v) is 6.30. The molecule has 28 heavy (non-hydrogen) atoms. The van der Waals surface area contributed by atoms with Gasteiger partial charge in [-0.1, -0.05) is 66.7 Å². The fraction of sp³-hybridized carbons (Fsp3) is 0.0833. The van der Waals surface area contributed by atoms with E-state index in [0.717, 1.165) is 11.1 Å². The number of benzene rings is 3. The van der Waals surface area contributed by atoms with Gasteiger partial charge < -0.3 is 9.15 Å². The number of carbonyl (C=O) groups excluding carboxylic acids is 1. The van der Waals surface area contributed by atoms with E-state index in [0.29, 0.717) is 16.5 Å². The van der Waals surface area contributed by atoms with E-state index >= 15 is 0 Å². The summed E-state index contributed by atoms with van der Waals surface area (Å²) in [5, 5.41) is 0.351. The predicted octanol–water partition coefficient (Wildman–Crippen LogP) is 5.30. The SMILES string of the molecule is CCOC(=O)c1c(-c2ccccc2)oc2ccc(-c3ccccc3)cc2c1=O. The molecule has 0 saturated carbocycles. The molecule has 3 aromatic carbocycles. The van der Waals surface area contributed by atoms with Crippen LogP contribution in [0.5, 0.6) is 0 Å². The Balaban J connectivity index is 1.99. The van der Waals surface area contributed by atoms with E-state index in [1.165, 1.54) is 0 Å². The summed E-state index contributed by atoms with van der Waals surface area (Å²) in [5.41, 5.74) is 2.46. The number of carbonyl (C=O) groups is 1. The second-order valence-electron chi connectivity index (χ2n) is 6.30. The minimum atomic E-state index is -0.679. The number of fused-ring (bicyclic) bond motifs is 1. The zero-order valence-corrected chi connectivity index (χ0v) is 15.3. The van der Waals surface area contributed by atoms with Crippen LogP contribution in [-0.4, -0.2) is 12.6 Å². The summed E-state index contributed by atoms with van der Waals surface area (Å²) in [6.07, 6.45) is 0. The maximum absolute atomic E-state index is 13.3. The molecular formula is C24H18O4. The highest BCUT2D eigenvalue weighted by atomic mass is 16.5. The van der Waals surface area contributed by atoms with Crippen LogP contribution >= 0.6 is 0 Å². The van der Waals surface area contributed by atoms with Gasteiger partial charge in [-0.2, -0.15) is 0 Å². The molecule has 4 rings (SSSR count). The first-order chi connectivity index (χ1) is 13.7. The van der Waals surface area contributed by atoms with Crippen LogP contribution in [0.1, 0.15) is 17.3 Å².